The summed E-state index contributed by atoms with van der Waals surface area (Å²) in [6, 6.07) is 8.19. The molecule has 0 amide bonds. The molecule has 2 rings (SSSR count). The number of nitrogens with two attached hydrogens (primary N) is 1. The summed E-state index contributed by atoms with van der Waals surface area (Å²) in [5.41, 5.74) is 9.90. The van der Waals surface area contributed by atoms with E-state index in [1.165, 1.54) is 11.1 Å². The first-order valence-corrected chi connectivity index (χ1v) is 5.02. The molecule has 1 aromatic heterocycles. The second kappa shape index (κ2) is 4.28. The van der Waals surface area contributed by atoms with Crippen LogP contribution in [0.25, 0.3) is 11.1 Å². The second-order valence-electron chi connectivity index (χ2n) is 3.53. The highest BCUT2D eigenvalue weighted by Gasteiger charge is 2.10. The first kappa shape index (κ1) is 9.93. The Morgan fingerprint density at radius 2 is 2.07 bits per heavy atom. The molecular weight excluding hydrogens is 188 g/mol. The van der Waals surface area contributed by atoms with Gasteiger partial charge in [0.05, 0.1) is 5.69 Å². The van der Waals surface area contributed by atoms with Crippen LogP contribution in [0.2, 0.25) is 0 Å². The van der Waals surface area contributed by atoms with E-state index in [2.05, 4.69) is 24.2 Å². The summed E-state index contributed by atoms with van der Waals surface area (Å²) in [5.74, 6) is 0. The van der Waals surface area contributed by atoms with Crippen molar-refractivity contribution in [1.29, 1.82) is 0 Å². The highest BCUT2D eigenvalue weighted by molar-refractivity contribution is 5.68. The zero-order chi connectivity index (χ0) is 10.7. The van der Waals surface area contributed by atoms with Gasteiger partial charge in [-0.2, -0.15) is 0 Å². The molecule has 1 aromatic carbocycles. The minimum Gasteiger partial charge on any atom is -0.364 e. The van der Waals surface area contributed by atoms with Gasteiger partial charge in [0, 0.05) is 12.0 Å². The third-order valence-corrected chi connectivity index (χ3v) is 2.46. The van der Waals surface area contributed by atoms with Crippen LogP contribution in [0.4, 0.5) is 0 Å². The van der Waals surface area contributed by atoms with E-state index in [4.69, 9.17) is 10.3 Å². The van der Waals surface area contributed by atoms with Gasteiger partial charge in [0.2, 0.25) is 0 Å². The highest BCUT2D eigenvalue weighted by atomic mass is 16.5. The molecule has 0 saturated heterocycles. The molecule has 0 aliphatic heterocycles. The van der Waals surface area contributed by atoms with E-state index in [1.54, 1.807) is 6.26 Å². The van der Waals surface area contributed by atoms with Gasteiger partial charge in [-0.1, -0.05) is 29.4 Å². The molecule has 0 radical (unpaired) electrons. The standard InChI is InChI=1S/C12H14N2O/c1-9-4-2-3-5-10(9)11-8-15-14-12(11)6-7-13/h2-5,8H,6-7,13H2,1H3. The van der Waals surface area contributed by atoms with E-state index in [9.17, 15) is 0 Å². The van der Waals surface area contributed by atoms with Crippen molar-refractivity contribution < 1.29 is 4.52 Å². The van der Waals surface area contributed by atoms with Gasteiger partial charge in [-0.3, -0.25) is 0 Å². The Kier molecular flexibility index (Phi) is 2.83. The van der Waals surface area contributed by atoms with Crippen molar-refractivity contribution in [3.05, 3.63) is 41.8 Å². The number of benzene rings is 1. The summed E-state index contributed by atoms with van der Waals surface area (Å²) in [4.78, 5) is 0. The van der Waals surface area contributed by atoms with Gasteiger partial charge < -0.3 is 10.3 Å². The smallest absolute Gasteiger partial charge is 0.131 e. The molecular formula is C12H14N2O. The van der Waals surface area contributed by atoms with Crippen molar-refractivity contribution in [3.8, 4) is 11.1 Å². The molecule has 0 aliphatic carbocycles. The van der Waals surface area contributed by atoms with Crippen molar-refractivity contribution >= 4 is 0 Å². The summed E-state index contributed by atoms with van der Waals surface area (Å²) >= 11 is 0. The number of hydrogen-bond donors (Lipinski definition) is 1. The number of aromatic nitrogens is 1. The fourth-order valence-corrected chi connectivity index (χ4v) is 1.67. The molecule has 0 bridgehead atoms. The molecule has 0 saturated carbocycles. The maximum absolute atomic E-state index is 5.52. The van der Waals surface area contributed by atoms with E-state index < -0.39 is 0 Å². The number of hydrogen-bond acceptors (Lipinski definition) is 3. The van der Waals surface area contributed by atoms with Gasteiger partial charge in [0.15, 0.2) is 0 Å². The van der Waals surface area contributed by atoms with Crippen LogP contribution in [-0.4, -0.2) is 11.7 Å². The molecule has 78 valence electrons. The molecule has 3 nitrogen and oxygen atoms in total. The largest absolute Gasteiger partial charge is 0.364 e. The fourth-order valence-electron chi connectivity index (χ4n) is 1.67. The lowest BCUT2D eigenvalue weighted by Crippen LogP contribution is -2.03. The van der Waals surface area contributed by atoms with Crippen molar-refractivity contribution in [1.82, 2.24) is 5.16 Å². The van der Waals surface area contributed by atoms with Gasteiger partial charge in [-0.05, 0) is 24.6 Å². The predicted molar refractivity (Wildman–Crippen MR) is 59.4 cm³/mol. The van der Waals surface area contributed by atoms with E-state index in [1.807, 2.05) is 12.1 Å². The molecule has 15 heavy (non-hydrogen) atoms. The van der Waals surface area contributed by atoms with E-state index in [-0.39, 0.29) is 0 Å². The van der Waals surface area contributed by atoms with Crippen LogP contribution in [0.5, 0.6) is 0 Å². The number of aryl methyl sites for hydroxylation is 1. The van der Waals surface area contributed by atoms with Gasteiger partial charge in [0.25, 0.3) is 0 Å². The molecule has 0 atom stereocenters. The molecule has 0 spiro atoms. The minimum absolute atomic E-state index is 0.589. The molecule has 0 aliphatic rings. The van der Waals surface area contributed by atoms with Crippen LogP contribution < -0.4 is 5.73 Å². The second-order valence-corrected chi connectivity index (χ2v) is 3.53. The van der Waals surface area contributed by atoms with Crippen LogP contribution >= 0.6 is 0 Å². The molecule has 0 unspecified atom stereocenters. The highest BCUT2D eigenvalue weighted by Crippen LogP contribution is 2.26. The zero-order valence-electron chi connectivity index (χ0n) is 8.73. The predicted octanol–water partition coefficient (Wildman–Crippen LogP) is 2.15. The average molecular weight is 202 g/mol. The molecule has 3 heteroatoms. The summed E-state index contributed by atoms with van der Waals surface area (Å²) in [6.07, 6.45) is 2.44. The fraction of sp³-hybridized carbons (Fsp3) is 0.250. The Hall–Kier alpha value is -1.61. The van der Waals surface area contributed by atoms with Gasteiger partial charge in [0.1, 0.15) is 6.26 Å². The first-order chi connectivity index (χ1) is 7.33. The monoisotopic (exact) mass is 202 g/mol. The van der Waals surface area contributed by atoms with Gasteiger partial charge in [-0.15, -0.1) is 0 Å². The molecule has 2 N–H and O–H groups in total. The molecule has 1 heterocycles. The van der Waals surface area contributed by atoms with Crippen molar-refractivity contribution in [3.63, 3.8) is 0 Å². The average Bonchev–Trinajstić information content (AvgIpc) is 2.67. The summed E-state index contributed by atoms with van der Waals surface area (Å²) in [7, 11) is 0. The molecule has 2 aromatic rings. The van der Waals surface area contributed by atoms with Crippen molar-refractivity contribution in [2.75, 3.05) is 6.54 Å². The lowest BCUT2D eigenvalue weighted by Gasteiger charge is -2.03. The van der Waals surface area contributed by atoms with E-state index in [0.29, 0.717) is 6.54 Å². The minimum atomic E-state index is 0.589. The topological polar surface area (TPSA) is 52.0 Å². The number of nitrogens with zero attached hydrogens (tertiary/aromatic N) is 1. The van der Waals surface area contributed by atoms with E-state index in [0.717, 1.165) is 17.7 Å². The SMILES string of the molecule is Cc1ccccc1-c1conc1CCN. The maximum atomic E-state index is 5.52. The Morgan fingerprint density at radius 1 is 1.27 bits per heavy atom. The quantitative estimate of drug-likeness (QED) is 0.829. The maximum Gasteiger partial charge on any atom is 0.131 e. The Balaban J connectivity index is 2.45. The summed E-state index contributed by atoms with van der Waals surface area (Å²) in [5, 5.41) is 3.97. The Morgan fingerprint density at radius 3 is 2.80 bits per heavy atom. The summed E-state index contributed by atoms with van der Waals surface area (Å²) < 4.78 is 5.00. The molecule has 0 fully saturated rings. The summed E-state index contributed by atoms with van der Waals surface area (Å²) in [6.45, 7) is 2.67. The first-order valence-electron chi connectivity index (χ1n) is 5.02. The Bertz CT molecular complexity index is 448. The third kappa shape index (κ3) is 1.92. The van der Waals surface area contributed by atoms with Crippen LogP contribution in [0.3, 0.4) is 0 Å². The van der Waals surface area contributed by atoms with Crippen LogP contribution in [-0.2, 0) is 6.42 Å². The lowest BCUT2D eigenvalue weighted by molar-refractivity contribution is 0.412. The van der Waals surface area contributed by atoms with Crippen LogP contribution in [0, 0.1) is 6.92 Å². The van der Waals surface area contributed by atoms with Crippen LogP contribution in [0.15, 0.2) is 35.1 Å². The van der Waals surface area contributed by atoms with E-state index >= 15 is 0 Å². The Labute approximate surface area is 88.9 Å². The van der Waals surface area contributed by atoms with Gasteiger partial charge in [-0.25, -0.2) is 0 Å². The van der Waals surface area contributed by atoms with Crippen LogP contribution in [0.1, 0.15) is 11.3 Å². The van der Waals surface area contributed by atoms with Crippen molar-refractivity contribution in [2.24, 2.45) is 5.73 Å². The zero-order valence-corrected chi connectivity index (χ0v) is 8.73. The number of rotatable bonds is 3. The third-order valence-electron chi connectivity index (χ3n) is 2.46. The normalized spacial score (nSPS) is 10.5. The lowest BCUT2D eigenvalue weighted by atomic mass is 10.0. The van der Waals surface area contributed by atoms with Crippen molar-refractivity contribution in [2.45, 2.75) is 13.3 Å². The van der Waals surface area contributed by atoms with Gasteiger partial charge >= 0.3 is 0 Å².